The molecule has 0 amide bonds. The van der Waals surface area contributed by atoms with E-state index in [2.05, 4.69) is 6.92 Å². The highest BCUT2D eigenvalue weighted by molar-refractivity contribution is 5.85. The van der Waals surface area contributed by atoms with Crippen LogP contribution < -0.4 is 11.5 Å². The zero-order chi connectivity index (χ0) is 13.3. The van der Waals surface area contributed by atoms with Gasteiger partial charge < -0.3 is 16.6 Å². The van der Waals surface area contributed by atoms with Gasteiger partial charge in [-0.15, -0.1) is 0 Å². The number of rotatable bonds is 3. The summed E-state index contributed by atoms with van der Waals surface area (Å²) in [6, 6.07) is 5.89. The lowest BCUT2D eigenvalue weighted by atomic mass is 9.97. The molecule has 0 saturated carbocycles. The first-order valence-corrected chi connectivity index (χ1v) is 6.19. The maximum atomic E-state index is 9.55. The first-order valence-electron chi connectivity index (χ1n) is 6.19. The molecule has 1 aromatic rings. The van der Waals surface area contributed by atoms with E-state index < -0.39 is 0 Å². The van der Waals surface area contributed by atoms with E-state index >= 15 is 0 Å². The largest absolute Gasteiger partial charge is 0.399 e. The Kier molecular flexibility index (Phi) is 3.55. The van der Waals surface area contributed by atoms with Crippen LogP contribution in [0.4, 0.5) is 5.69 Å². The highest BCUT2D eigenvalue weighted by Crippen LogP contribution is 2.42. The van der Waals surface area contributed by atoms with Crippen LogP contribution in [-0.2, 0) is 0 Å². The second kappa shape index (κ2) is 4.96. The molecule has 0 aromatic heterocycles. The van der Waals surface area contributed by atoms with E-state index in [0.29, 0.717) is 0 Å². The summed E-state index contributed by atoms with van der Waals surface area (Å²) in [6.45, 7) is 4.10. The molecule has 5 N–H and O–H groups in total. The van der Waals surface area contributed by atoms with Gasteiger partial charge >= 0.3 is 0 Å². The van der Waals surface area contributed by atoms with Crippen LogP contribution in [0.15, 0.2) is 35.9 Å². The summed E-state index contributed by atoms with van der Waals surface area (Å²) in [6.07, 6.45) is 4.02. The molecule has 1 aliphatic carbocycles. The van der Waals surface area contributed by atoms with E-state index in [4.69, 9.17) is 11.5 Å². The van der Waals surface area contributed by atoms with Gasteiger partial charge in [0.15, 0.2) is 0 Å². The molecule has 2 atom stereocenters. The summed E-state index contributed by atoms with van der Waals surface area (Å²) in [5, 5.41) is 9.55. The average Bonchev–Trinajstić information content (AvgIpc) is 2.57. The molecule has 0 fully saturated rings. The lowest BCUT2D eigenvalue weighted by Gasteiger charge is -2.10. The number of anilines is 1. The summed E-state index contributed by atoms with van der Waals surface area (Å²) >= 11 is 0. The Morgan fingerprint density at radius 3 is 2.78 bits per heavy atom. The number of benzene rings is 1. The van der Waals surface area contributed by atoms with Crippen LogP contribution >= 0.6 is 0 Å². The third-order valence-corrected chi connectivity index (χ3v) is 3.44. The monoisotopic (exact) mass is 244 g/mol. The summed E-state index contributed by atoms with van der Waals surface area (Å²) in [4.78, 5) is 0. The van der Waals surface area contributed by atoms with Crippen LogP contribution in [0.5, 0.6) is 0 Å². The van der Waals surface area contributed by atoms with Crippen LogP contribution in [0.25, 0.3) is 5.57 Å². The predicted molar refractivity (Wildman–Crippen MR) is 76.1 cm³/mol. The predicted octanol–water partition coefficient (Wildman–Crippen LogP) is 2.04. The van der Waals surface area contributed by atoms with E-state index in [1.807, 2.05) is 37.3 Å². The third kappa shape index (κ3) is 2.19. The van der Waals surface area contributed by atoms with Crippen molar-refractivity contribution in [3.05, 3.63) is 47.1 Å². The molecule has 3 heteroatoms. The van der Waals surface area contributed by atoms with Gasteiger partial charge in [-0.05, 0) is 42.7 Å². The highest BCUT2D eigenvalue weighted by atomic mass is 16.3. The Morgan fingerprint density at radius 2 is 2.17 bits per heavy atom. The second-order valence-electron chi connectivity index (χ2n) is 4.90. The molecule has 96 valence electrons. The number of fused-ring (bicyclic) bond motifs is 1. The fraction of sp³-hybridized carbons (Fsp3) is 0.333. The topological polar surface area (TPSA) is 72.3 Å². The minimum Gasteiger partial charge on any atom is -0.399 e. The van der Waals surface area contributed by atoms with Gasteiger partial charge in [-0.3, -0.25) is 0 Å². The Bertz CT molecular complexity index is 515. The van der Waals surface area contributed by atoms with Gasteiger partial charge in [-0.25, -0.2) is 0 Å². The Balaban J connectivity index is 2.49. The van der Waals surface area contributed by atoms with Crippen LogP contribution in [0, 0.1) is 0 Å². The van der Waals surface area contributed by atoms with Crippen LogP contribution in [0.2, 0.25) is 0 Å². The minimum absolute atomic E-state index is 0.0238. The molecule has 2 rings (SSSR count). The van der Waals surface area contributed by atoms with Crippen LogP contribution in [0.3, 0.4) is 0 Å². The van der Waals surface area contributed by atoms with Crippen molar-refractivity contribution < 1.29 is 5.11 Å². The van der Waals surface area contributed by atoms with Crippen molar-refractivity contribution in [1.82, 2.24) is 0 Å². The number of hydrogen-bond donors (Lipinski definition) is 3. The summed E-state index contributed by atoms with van der Waals surface area (Å²) in [7, 11) is 0. The van der Waals surface area contributed by atoms with Crippen molar-refractivity contribution in [2.45, 2.75) is 25.8 Å². The van der Waals surface area contributed by atoms with Gasteiger partial charge in [0.25, 0.3) is 0 Å². The quantitative estimate of drug-likeness (QED) is 0.712. The van der Waals surface area contributed by atoms with Crippen molar-refractivity contribution >= 4 is 11.3 Å². The minimum atomic E-state index is 0.0238. The smallest absolute Gasteiger partial charge is 0.0537 e. The lowest BCUT2D eigenvalue weighted by molar-refractivity contribution is 0.280. The van der Waals surface area contributed by atoms with Crippen molar-refractivity contribution in [3.8, 4) is 0 Å². The van der Waals surface area contributed by atoms with Gasteiger partial charge in [0.2, 0.25) is 0 Å². The molecular weight excluding hydrogens is 224 g/mol. The molecule has 1 aliphatic rings. The van der Waals surface area contributed by atoms with Gasteiger partial charge in [0, 0.05) is 17.6 Å². The maximum Gasteiger partial charge on any atom is 0.0537 e. The van der Waals surface area contributed by atoms with Crippen LogP contribution in [0.1, 0.15) is 30.9 Å². The van der Waals surface area contributed by atoms with Gasteiger partial charge in [-0.1, -0.05) is 23.8 Å². The summed E-state index contributed by atoms with van der Waals surface area (Å²) < 4.78 is 0. The number of allylic oxidation sites excluding steroid dienone is 2. The maximum absolute atomic E-state index is 9.55. The molecule has 2 unspecified atom stereocenters. The molecule has 0 spiro atoms. The first-order chi connectivity index (χ1) is 8.54. The molecule has 18 heavy (non-hydrogen) atoms. The first kappa shape index (κ1) is 12.9. The summed E-state index contributed by atoms with van der Waals surface area (Å²) in [5.41, 5.74) is 16.9. The zero-order valence-electron chi connectivity index (χ0n) is 10.9. The average molecular weight is 244 g/mol. The summed E-state index contributed by atoms with van der Waals surface area (Å²) in [5.74, 6) is 0.0521. The number of aliphatic hydroxyl groups excluding tert-OH is 1. The SMILES string of the molecule is CC1=C(/C=C\C(C)N)c2ccc(N)cc2C1CO. The Labute approximate surface area is 108 Å². The molecule has 3 nitrogen and oxygen atoms in total. The molecule has 0 bridgehead atoms. The molecule has 0 saturated heterocycles. The highest BCUT2D eigenvalue weighted by Gasteiger charge is 2.26. The molecule has 1 aromatic carbocycles. The van der Waals surface area contributed by atoms with E-state index in [-0.39, 0.29) is 18.6 Å². The van der Waals surface area contributed by atoms with Crippen molar-refractivity contribution in [2.75, 3.05) is 12.3 Å². The van der Waals surface area contributed by atoms with E-state index in [1.165, 1.54) is 5.57 Å². The van der Waals surface area contributed by atoms with E-state index in [1.54, 1.807) is 0 Å². The van der Waals surface area contributed by atoms with Crippen molar-refractivity contribution in [1.29, 1.82) is 0 Å². The van der Waals surface area contributed by atoms with Gasteiger partial charge in [-0.2, -0.15) is 0 Å². The van der Waals surface area contributed by atoms with E-state index in [0.717, 1.165) is 22.4 Å². The van der Waals surface area contributed by atoms with Crippen molar-refractivity contribution in [2.24, 2.45) is 5.73 Å². The zero-order valence-corrected chi connectivity index (χ0v) is 10.9. The molecule has 0 aliphatic heterocycles. The van der Waals surface area contributed by atoms with Crippen molar-refractivity contribution in [3.63, 3.8) is 0 Å². The number of nitrogen functional groups attached to an aromatic ring is 1. The van der Waals surface area contributed by atoms with E-state index in [9.17, 15) is 5.11 Å². The fourth-order valence-electron chi connectivity index (χ4n) is 2.45. The molecular formula is C15H20N2O. The number of hydrogen-bond acceptors (Lipinski definition) is 3. The normalized spacial score (nSPS) is 20.6. The van der Waals surface area contributed by atoms with Gasteiger partial charge in [0.1, 0.15) is 0 Å². The lowest BCUT2D eigenvalue weighted by Crippen LogP contribution is -2.10. The van der Waals surface area contributed by atoms with Gasteiger partial charge in [0.05, 0.1) is 6.61 Å². The Morgan fingerprint density at radius 1 is 1.44 bits per heavy atom. The molecule has 0 radical (unpaired) electrons. The standard InChI is InChI=1S/C15H20N2O/c1-9(16)3-5-12-10(2)15(8-18)14-7-11(17)4-6-13(12)14/h3-7,9,15,18H,8,16-17H2,1-2H3/b5-3-. The van der Waals surface area contributed by atoms with Crippen LogP contribution in [-0.4, -0.2) is 17.8 Å². The third-order valence-electron chi connectivity index (χ3n) is 3.44. The fourth-order valence-corrected chi connectivity index (χ4v) is 2.45. The molecule has 0 heterocycles. The number of nitrogens with two attached hydrogens (primary N) is 2. The number of aliphatic hydroxyl groups is 1. The Hall–Kier alpha value is -1.58. The second-order valence-corrected chi connectivity index (χ2v) is 4.90.